The van der Waals surface area contributed by atoms with Crippen molar-refractivity contribution >= 4 is 5.82 Å². The van der Waals surface area contributed by atoms with Crippen molar-refractivity contribution in [2.24, 2.45) is 0 Å². The maximum atomic E-state index is 8.90. The Hall–Kier alpha value is -1.80. The Kier molecular flexibility index (Phi) is 4.00. The molecular formula is C13H18N4O. The summed E-state index contributed by atoms with van der Waals surface area (Å²) >= 11 is 0. The molecule has 1 aliphatic heterocycles. The van der Waals surface area contributed by atoms with Crippen LogP contribution in [0.1, 0.15) is 6.92 Å². The third-order valence-electron chi connectivity index (χ3n) is 3.33. The van der Waals surface area contributed by atoms with Gasteiger partial charge in [0.1, 0.15) is 11.6 Å². The average molecular weight is 246 g/mol. The highest BCUT2D eigenvalue weighted by Gasteiger charge is 2.21. The van der Waals surface area contributed by atoms with Crippen LogP contribution in [-0.2, 0) is 0 Å². The van der Waals surface area contributed by atoms with Gasteiger partial charge >= 0.3 is 0 Å². The second-order valence-electron chi connectivity index (χ2n) is 4.38. The third-order valence-corrected chi connectivity index (χ3v) is 3.33. The van der Waals surface area contributed by atoms with Gasteiger partial charge in [0, 0.05) is 26.2 Å². The monoisotopic (exact) mass is 246 g/mol. The minimum Gasteiger partial charge on any atom is -0.495 e. The van der Waals surface area contributed by atoms with Crippen LogP contribution < -0.4 is 9.64 Å². The lowest BCUT2D eigenvalue weighted by atomic mass is 10.2. The SMILES string of the molecule is COc1ccc(N2CCN(C(C)C#N)CC2)nc1. The zero-order valence-electron chi connectivity index (χ0n) is 10.8. The van der Waals surface area contributed by atoms with Crippen LogP contribution in [-0.4, -0.2) is 49.2 Å². The summed E-state index contributed by atoms with van der Waals surface area (Å²) in [7, 11) is 1.64. The molecule has 1 aromatic rings. The topological polar surface area (TPSA) is 52.4 Å². The van der Waals surface area contributed by atoms with E-state index in [0.29, 0.717) is 0 Å². The maximum absolute atomic E-state index is 8.90. The fraction of sp³-hybridized carbons (Fsp3) is 0.538. The Morgan fingerprint density at radius 1 is 1.33 bits per heavy atom. The lowest BCUT2D eigenvalue weighted by molar-refractivity contribution is 0.231. The molecule has 1 atom stereocenters. The molecule has 1 aromatic heterocycles. The van der Waals surface area contributed by atoms with E-state index in [1.54, 1.807) is 13.3 Å². The smallest absolute Gasteiger partial charge is 0.137 e. The van der Waals surface area contributed by atoms with Crippen LogP contribution in [0.2, 0.25) is 0 Å². The molecule has 96 valence electrons. The Bertz CT molecular complexity index is 418. The first-order chi connectivity index (χ1) is 8.74. The molecule has 5 heteroatoms. The van der Waals surface area contributed by atoms with Gasteiger partial charge in [0.05, 0.1) is 25.4 Å². The number of hydrogen-bond acceptors (Lipinski definition) is 5. The van der Waals surface area contributed by atoms with Gasteiger partial charge in [-0.2, -0.15) is 5.26 Å². The van der Waals surface area contributed by atoms with Crippen molar-refractivity contribution in [3.63, 3.8) is 0 Å². The molecule has 0 aliphatic carbocycles. The van der Waals surface area contributed by atoms with Crippen molar-refractivity contribution < 1.29 is 4.74 Å². The molecule has 0 N–H and O–H groups in total. The molecule has 1 unspecified atom stereocenters. The second kappa shape index (κ2) is 5.69. The molecule has 5 nitrogen and oxygen atoms in total. The van der Waals surface area contributed by atoms with Gasteiger partial charge in [-0.05, 0) is 19.1 Å². The van der Waals surface area contributed by atoms with E-state index in [1.165, 1.54) is 0 Å². The van der Waals surface area contributed by atoms with Crippen LogP contribution in [0, 0.1) is 11.3 Å². The van der Waals surface area contributed by atoms with Crippen LogP contribution in [0.4, 0.5) is 5.82 Å². The Morgan fingerprint density at radius 3 is 2.56 bits per heavy atom. The number of nitrogens with zero attached hydrogens (tertiary/aromatic N) is 4. The summed E-state index contributed by atoms with van der Waals surface area (Å²) in [6.07, 6.45) is 1.74. The van der Waals surface area contributed by atoms with Gasteiger partial charge in [-0.25, -0.2) is 4.98 Å². The molecule has 18 heavy (non-hydrogen) atoms. The van der Waals surface area contributed by atoms with Crippen LogP contribution in [0.15, 0.2) is 18.3 Å². The van der Waals surface area contributed by atoms with E-state index in [9.17, 15) is 0 Å². The molecular weight excluding hydrogens is 228 g/mol. The predicted molar refractivity (Wildman–Crippen MR) is 69.7 cm³/mol. The Morgan fingerprint density at radius 2 is 2.06 bits per heavy atom. The highest BCUT2D eigenvalue weighted by molar-refractivity contribution is 5.41. The maximum Gasteiger partial charge on any atom is 0.137 e. The van der Waals surface area contributed by atoms with E-state index in [1.807, 2.05) is 19.1 Å². The van der Waals surface area contributed by atoms with Gasteiger partial charge in [0.15, 0.2) is 0 Å². The van der Waals surface area contributed by atoms with Crippen LogP contribution in [0.5, 0.6) is 5.75 Å². The third kappa shape index (κ3) is 2.71. The fourth-order valence-electron chi connectivity index (χ4n) is 2.10. The van der Waals surface area contributed by atoms with Crippen molar-refractivity contribution in [2.75, 3.05) is 38.2 Å². The standard InChI is InChI=1S/C13H18N4O/c1-11(9-14)16-5-7-17(8-6-16)13-4-3-12(18-2)10-15-13/h3-4,10-11H,5-8H2,1-2H3. The van der Waals surface area contributed by atoms with E-state index in [4.69, 9.17) is 10.00 Å². The van der Waals surface area contributed by atoms with Gasteiger partial charge in [-0.1, -0.05) is 0 Å². The first-order valence-corrected chi connectivity index (χ1v) is 6.13. The minimum absolute atomic E-state index is 0.00373. The number of nitriles is 1. The summed E-state index contributed by atoms with van der Waals surface area (Å²) in [5.41, 5.74) is 0. The van der Waals surface area contributed by atoms with E-state index >= 15 is 0 Å². The summed E-state index contributed by atoms with van der Waals surface area (Å²) in [6, 6.07) is 6.17. The molecule has 1 aliphatic rings. The molecule has 0 amide bonds. The van der Waals surface area contributed by atoms with Gasteiger partial charge in [0.2, 0.25) is 0 Å². The molecule has 0 radical (unpaired) electrons. The number of rotatable bonds is 3. The quantitative estimate of drug-likeness (QED) is 0.800. The Balaban J connectivity index is 1.95. The molecule has 2 rings (SSSR count). The molecule has 0 spiro atoms. The lowest BCUT2D eigenvalue weighted by Gasteiger charge is -2.36. The van der Waals surface area contributed by atoms with Crippen molar-refractivity contribution in [1.29, 1.82) is 5.26 Å². The predicted octanol–water partition coefficient (Wildman–Crippen LogP) is 1.12. The van der Waals surface area contributed by atoms with Crippen molar-refractivity contribution in [3.8, 4) is 11.8 Å². The van der Waals surface area contributed by atoms with E-state index in [2.05, 4.69) is 20.9 Å². The number of hydrogen-bond donors (Lipinski definition) is 0. The molecule has 0 saturated carbocycles. The van der Waals surface area contributed by atoms with Gasteiger partial charge in [-0.15, -0.1) is 0 Å². The zero-order valence-corrected chi connectivity index (χ0v) is 10.8. The summed E-state index contributed by atoms with van der Waals surface area (Å²) in [4.78, 5) is 8.81. The summed E-state index contributed by atoms with van der Waals surface area (Å²) in [5, 5.41) is 8.90. The fourth-order valence-corrected chi connectivity index (χ4v) is 2.10. The second-order valence-corrected chi connectivity index (χ2v) is 4.38. The number of anilines is 1. The first kappa shape index (κ1) is 12.7. The molecule has 1 saturated heterocycles. The van der Waals surface area contributed by atoms with E-state index in [0.717, 1.165) is 37.7 Å². The minimum atomic E-state index is -0.00373. The molecule has 0 aromatic carbocycles. The molecule has 0 bridgehead atoms. The van der Waals surface area contributed by atoms with Gasteiger partial charge < -0.3 is 9.64 Å². The largest absolute Gasteiger partial charge is 0.495 e. The lowest BCUT2D eigenvalue weighted by Crippen LogP contribution is -2.49. The highest BCUT2D eigenvalue weighted by Crippen LogP contribution is 2.17. The van der Waals surface area contributed by atoms with Gasteiger partial charge in [-0.3, -0.25) is 4.90 Å². The van der Waals surface area contributed by atoms with E-state index in [-0.39, 0.29) is 6.04 Å². The molecule has 1 fully saturated rings. The highest BCUT2D eigenvalue weighted by atomic mass is 16.5. The summed E-state index contributed by atoms with van der Waals surface area (Å²) in [6.45, 7) is 5.57. The first-order valence-electron chi connectivity index (χ1n) is 6.13. The number of piperazine rings is 1. The van der Waals surface area contributed by atoms with Crippen molar-refractivity contribution in [2.45, 2.75) is 13.0 Å². The summed E-state index contributed by atoms with van der Waals surface area (Å²) < 4.78 is 5.09. The number of aromatic nitrogens is 1. The number of ether oxygens (including phenoxy) is 1. The summed E-state index contributed by atoms with van der Waals surface area (Å²) in [5.74, 6) is 1.75. The Labute approximate surface area is 108 Å². The van der Waals surface area contributed by atoms with Crippen molar-refractivity contribution in [1.82, 2.24) is 9.88 Å². The normalized spacial score (nSPS) is 18.2. The number of methoxy groups -OCH3 is 1. The van der Waals surface area contributed by atoms with Crippen LogP contribution in [0.25, 0.3) is 0 Å². The average Bonchev–Trinajstić information content (AvgIpc) is 2.47. The van der Waals surface area contributed by atoms with Crippen molar-refractivity contribution in [3.05, 3.63) is 18.3 Å². The zero-order chi connectivity index (χ0) is 13.0. The van der Waals surface area contributed by atoms with Gasteiger partial charge in [0.25, 0.3) is 0 Å². The van der Waals surface area contributed by atoms with E-state index < -0.39 is 0 Å². The van der Waals surface area contributed by atoms with Crippen LogP contribution in [0.3, 0.4) is 0 Å². The number of pyridine rings is 1. The molecule has 2 heterocycles. The van der Waals surface area contributed by atoms with Crippen LogP contribution >= 0.6 is 0 Å².